The first-order valence-corrected chi connectivity index (χ1v) is 7.28. The van der Waals surface area contributed by atoms with E-state index in [4.69, 9.17) is 4.74 Å². The zero-order valence-corrected chi connectivity index (χ0v) is 11.9. The van der Waals surface area contributed by atoms with Crippen LogP contribution in [0.4, 0.5) is 0 Å². The van der Waals surface area contributed by atoms with Crippen molar-refractivity contribution in [2.75, 3.05) is 26.4 Å². The minimum Gasteiger partial charge on any atom is -0.396 e. The summed E-state index contributed by atoms with van der Waals surface area (Å²) in [7, 11) is 0. The quantitative estimate of drug-likeness (QED) is 0.787. The third-order valence-electron chi connectivity index (χ3n) is 3.14. The Morgan fingerprint density at radius 1 is 1.56 bits per heavy atom. The normalized spacial score (nSPS) is 18.0. The van der Waals surface area contributed by atoms with Crippen molar-refractivity contribution in [3.8, 4) is 0 Å². The van der Waals surface area contributed by atoms with Gasteiger partial charge in [0.25, 0.3) is 0 Å². The van der Waals surface area contributed by atoms with Gasteiger partial charge in [-0.25, -0.2) is 4.98 Å². The van der Waals surface area contributed by atoms with Gasteiger partial charge in [0.1, 0.15) is 0 Å². The fourth-order valence-corrected chi connectivity index (χ4v) is 3.07. The van der Waals surface area contributed by atoms with E-state index in [-0.39, 0.29) is 12.0 Å². The van der Waals surface area contributed by atoms with E-state index in [1.165, 1.54) is 9.88 Å². The van der Waals surface area contributed by atoms with E-state index in [0.717, 1.165) is 19.5 Å². The smallest absolute Gasteiger partial charge is 0.0930 e. The van der Waals surface area contributed by atoms with Gasteiger partial charge in [0.05, 0.1) is 30.2 Å². The van der Waals surface area contributed by atoms with Crippen LogP contribution in [-0.2, 0) is 17.7 Å². The topological polar surface area (TPSA) is 54.4 Å². The highest BCUT2D eigenvalue weighted by Gasteiger charge is 2.37. The Bertz CT molecular complexity index is 369. The number of aliphatic hydroxyl groups excluding tert-OH is 1. The monoisotopic (exact) mass is 270 g/mol. The summed E-state index contributed by atoms with van der Waals surface area (Å²) >= 11 is 1.78. The SMILES string of the molecule is CC(C)Cc1ncc(CNCC2(CO)COC2)s1. The fraction of sp³-hybridized carbons (Fsp3) is 0.769. The molecule has 0 saturated carbocycles. The van der Waals surface area contributed by atoms with Gasteiger partial charge in [-0.2, -0.15) is 0 Å². The van der Waals surface area contributed by atoms with Gasteiger partial charge in [0, 0.05) is 30.6 Å². The summed E-state index contributed by atoms with van der Waals surface area (Å²) in [6, 6.07) is 0. The summed E-state index contributed by atoms with van der Waals surface area (Å²) < 4.78 is 5.17. The van der Waals surface area contributed by atoms with Crippen LogP contribution in [-0.4, -0.2) is 36.5 Å². The lowest BCUT2D eigenvalue weighted by molar-refractivity contribution is -0.134. The highest BCUT2D eigenvalue weighted by molar-refractivity contribution is 7.11. The van der Waals surface area contributed by atoms with Crippen molar-refractivity contribution >= 4 is 11.3 Å². The van der Waals surface area contributed by atoms with Crippen LogP contribution in [0.3, 0.4) is 0 Å². The Labute approximate surface area is 112 Å². The molecule has 102 valence electrons. The lowest BCUT2D eigenvalue weighted by Crippen LogP contribution is -2.52. The number of nitrogens with zero attached hydrogens (tertiary/aromatic N) is 1. The van der Waals surface area contributed by atoms with Crippen molar-refractivity contribution in [3.05, 3.63) is 16.1 Å². The van der Waals surface area contributed by atoms with Crippen molar-refractivity contribution in [2.24, 2.45) is 11.3 Å². The van der Waals surface area contributed by atoms with E-state index in [1.807, 2.05) is 6.20 Å². The molecule has 1 aliphatic rings. The molecule has 1 aromatic rings. The van der Waals surface area contributed by atoms with Crippen molar-refractivity contribution in [1.82, 2.24) is 10.3 Å². The molecule has 0 bridgehead atoms. The Balaban J connectivity index is 1.74. The number of rotatable bonds is 7. The summed E-state index contributed by atoms with van der Waals surface area (Å²) in [6.07, 6.45) is 3.01. The van der Waals surface area contributed by atoms with Crippen LogP contribution < -0.4 is 5.32 Å². The van der Waals surface area contributed by atoms with Gasteiger partial charge in [-0.05, 0) is 5.92 Å². The second-order valence-electron chi connectivity index (χ2n) is 5.57. The molecule has 2 heterocycles. The molecule has 5 heteroatoms. The molecule has 1 saturated heterocycles. The van der Waals surface area contributed by atoms with E-state index < -0.39 is 0 Å². The maximum absolute atomic E-state index is 9.31. The van der Waals surface area contributed by atoms with Crippen LogP contribution >= 0.6 is 11.3 Å². The summed E-state index contributed by atoms with van der Waals surface area (Å²) in [5.74, 6) is 0.654. The molecule has 0 amide bonds. The molecule has 0 aromatic carbocycles. The third kappa shape index (κ3) is 3.51. The zero-order chi connectivity index (χ0) is 13.0. The van der Waals surface area contributed by atoms with Gasteiger partial charge in [-0.15, -0.1) is 11.3 Å². The molecule has 18 heavy (non-hydrogen) atoms. The highest BCUT2D eigenvalue weighted by Crippen LogP contribution is 2.26. The Morgan fingerprint density at radius 3 is 2.89 bits per heavy atom. The Kier molecular flexibility index (Phi) is 4.72. The van der Waals surface area contributed by atoms with E-state index >= 15 is 0 Å². The van der Waals surface area contributed by atoms with Crippen LogP contribution in [0.1, 0.15) is 23.7 Å². The summed E-state index contributed by atoms with van der Waals surface area (Å²) in [5.41, 5.74) is -0.0501. The first kappa shape index (κ1) is 13.9. The van der Waals surface area contributed by atoms with Crippen LogP contribution in [0, 0.1) is 11.3 Å². The van der Waals surface area contributed by atoms with E-state index in [0.29, 0.717) is 19.1 Å². The summed E-state index contributed by atoms with van der Waals surface area (Å²) in [6.45, 7) is 7.58. The third-order valence-corrected chi connectivity index (χ3v) is 4.16. The zero-order valence-electron chi connectivity index (χ0n) is 11.1. The average molecular weight is 270 g/mol. The van der Waals surface area contributed by atoms with Crippen molar-refractivity contribution in [1.29, 1.82) is 0 Å². The Hall–Kier alpha value is -0.490. The molecule has 0 atom stereocenters. The molecule has 4 nitrogen and oxygen atoms in total. The van der Waals surface area contributed by atoms with Crippen molar-refractivity contribution in [3.63, 3.8) is 0 Å². The molecule has 0 spiro atoms. The molecule has 1 aromatic heterocycles. The van der Waals surface area contributed by atoms with Crippen LogP contribution in [0.25, 0.3) is 0 Å². The lowest BCUT2D eigenvalue weighted by Gasteiger charge is -2.39. The molecule has 0 radical (unpaired) electrons. The summed E-state index contributed by atoms with van der Waals surface area (Å²) in [4.78, 5) is 5.69. The number of thiazole rings is 1. The van der Waals surface area contributed by atoms with Crippen LogP contribution in [0.15, 0.2) is 6.20 Å². The van der Waals surface area contributed by atoms with E-state index in [9.17, 15) is 5.11 Å². The second-order valence-corrected chi connectivity index (χ2v) is 6.77. The van der Waals surface area contributed by atoms with E-state index in [1.54, 1.807) is 11.3 Å². The number of ether oxygens (including phenoxy) is 1. The minimum atomic E-state index is -0.0501. The molecule has 0 aliphatic carbocycles. The highest BCUT2D eigenvalue weighted by atomic mass is 32.1. The van der Waals surface area contributed by atoms with Crippen molar-refractivity contribution < 1.29 is 9.84 Å². The average Bonchev–Trinajstić information content (AvgIpc) is 2.69. The maximum atomic E-state index is 9.31. The number of aliphatic hydroxyl groups is 1. The van der Waals surface area contributed by atoms with Crippen LogP contribution in [0.2, 0.25) is 0 Å². The number of hydrogen-bond donors (Lipinski definition) is 2. The molecule has 1 fully saturated rings. The molecular formula is C13H22N2O2S. The number of nitrogens with one attached hydrogen (secondary N) is 1. The first-order valence-electron chi connectivity index (χ1n) is 6.46. The van der Waals surface area contributed by atoms with Crippen molar-refractivity contribution in [2.45, 2.75) is 26.8 Å². The van der Waals surface area contributed by atoms with Gasteiger partial charge in [0.15, 0.2) is 0 Å². The molecule has 0 unspecified atom stereocenters. The molecular weight excluding hydrogens is 248 g/mol. The summed E-state index contributed by atoms with van der Waals surface area (Å²) in [5, 5.41) is 13.9. The lowest BCUT2D eigenvalue weighted by atomic mass is 9.87. The van der Waals surface area contributed by atoms with Crippen LogP contribution in [0.5, 0.6) is 0 Å². The van der Waals surface area contributed by atoms with Gasteiger partial charge in [0.2, 0.25) is 0 Å². The minimum absolute atomic E-state index is 0.0501. The number of hydrogen-bond acceptors (Lipinski definition) is 5. The van der Waals surface area contributed by atoms with Gasteiger partial charge < -0.3 is 15.2 Å². The largest absolute Gasteiger partial charge is 0.396 e. The van der Waals surface area contributed by atoms with Gasteiger partial charge in [-0.1, -0.05) is 13.8 Å². The fourth-order valence-electron chi connectivity index (χ4n) is 1.96. The molecule has 2 rings (SSSR count). The molecule has 2 N–H and O–H groups in total. The maximum Gasteiger partial charge on any atom is 0.0930 e. The number of aromatic nitrogens is 1. The van der Waals surface area contributed by atoms with Gasteiger partial charge >= 0.3 is 0 Å². The standard InChI is InChI=1S/C13H22N2O2S/c1-10(2)3-12-15-5-11(18-12)4-14-6-13(7-16)8-17-9-13/h5,10,14,16H,3-4,6-9H2,1-2H3. The second kappa shape index (κ2) is 6.10. The predicted octanol–water partition coefficient (Wildman–Crippen LogP) is 1.44. The van der Waals surface area contributed by atoms with Gasteiger partial charge in [-0.3, -0.25) is 0 Å². The molecule has 1 aliphatic heterocycles. The predicted molar refractivity (Wildman–Crippen MR) is 72.7 cm³/mol. The Morgan fingerprint density at radius 2 is 2.33 bits per heavy atom. The van der Waals surface area contributed by atoms with E-state index in [2.05, 4.69) is 24.1 Å². The first-order chi connectivity index (χ1) is 8.63.